The van der Waals surface area contributed by atoms with Gasteiger partial charge in [-0.15, -0.1) is 12.4 Å². The molecule has 3 heteroatoms. The van der Waals surface area contributed by atoms with Gasteiger partial charge in [0.05, 0.1) is 0 Å². The summed E-state index contributed by atoms with van der Waals surface area (Å²) in [5.41, 5.74) is 0. The molecular weight excluding hydrogens is 184 g/mol. The van der Waals surface area contributed by atoms with Gasteiger partial charge in [0.2, 0.25) is 0 Å². The highest BCUT2D eigenvalue weighted by Gasteiger charge is 1.91. The van der Waals surface area contributed by atoms with Crippen LogP contribution in [0, 0.1) is 0 Å². The standard InChI is InChI=1S/C6H6.C4H10N2.ClH/c1-2-4-6-5-3-1;1-2-6-4-3-5-1;/h1-6H;5-6H,1-4H2;1H. The maximum atomic E-state index is 3.22. The molecule has 1 fully saturated rings. The lowest BCUT2D eigenvalue weighted by atomic mass is 10.4. The number of benzene rings is 1. The lowest BCUT2D eigenvalue weighted by Gasteiger charge is -2.11. The molecule has 2 nitrogen and oxygen atoms in total. The first-order valence-electron chi connectivity index (χ1n) is 4.41. The normalized spacial score (nSPS) is 14.8. The van der Waals surface area contributed by atoms with Crippen LogP contribution in [0.5, 0.6) is 0 Å². The topological polar surface area (TPSA) is 24.1 Å². The van der Waals surface area contributed by atoms with Crippen molar-refractivity contribution < 1.29 is 0 Å². The van der Waals surface area contributed by atoms with Crippen LogP contribution in [0.1, 0.15) is 0 Å². The number of nitrogens with one attached hydrogen (secondary N) is 2. The van der Waals surface area contributed by atoms with Crippen molar-refractivity contribution in [1.29, 1.82) is 0 Å². The highest BCUT2D eigenvalue weighted by Crippen LogP contribution is 1.79. The van der Waals surface area contributed by atoms with Gasteiger partial charge < -0.3 is 10.6 Å². The molecule has 0 atom stereocenters. The van der Waals surface area contributed by atoms with E-state index in [1.54, 1.807) is 0 Å². The number of piperazine rings is 1. The summed E-state index contributed by atoms with van der Waals surface area (Å²) in [5, 5.41) is 6.44. The fraction of sp³-hybridized carbons (Fsp3) is 0.400. The summed E-state index contributed by atoms with van der Waals surface area (Å²) in [5.74, 6) is 0. The van der Waals surface area contributed by atoms with Crippen molar-refractivity contribution >= 4 is 12.4 Å². The predicted octanol–water partition coefficient (Wildman–Crippen LogP) is 1.29. The van der Waals surface area contributed by atoms with E-state index in [0.717, 1.165) is 26.2 Å². The Morgan fingerprint density at radius 3 is 0.923 bits per heavy atom. The van der Waals surface area contributed by atoms with Crippen LogP contribution in [0.25, 0.3) is 0 Å². The summed E-state index contributed by atoms with van der Waals surface area (Å²) in [6.45, 7) is 4.56. The minimum absolute atomic E-state index is 0. The van der Waals surface area contributed by atoms with Gasteiger partial charge in [0.1, 0.15) is 0 Å². The van der Waals surface area contributed by atoms with Gasteiger partial charge in [0.15, 0.2) is 0 Å². The number of halogens is 1. The highest BCUT2D eigenvalue weighted by molar-refractivity contribution is 5.85. The quantitative estimate of drug-likeness (QED) is 0.660. The van der Waals surface area contributed by atoms with Crippen molar-refractivity contribution in [2.45, 2.75) is 0 Å². The Hall–Kier alpha value is -0.570. The molecule has 0 bridgehead atoms. The summed E-state index contributed by atoms with van der Waals surface area (Å²) in [6, 6.07) is 12.0. The molecule has 0 saturated carbocycles. The lowest BCUT2D eigenvalue weighted by molar-refractivity contribution is 0.534. The third-order valence-electron chi connectivity index (χ3n) is 1.62. The SMILES string of the molecule is C1CNCCN1.Cl.c1ccccc1. The zero-order valence-electron chi connectivity index (χ0n) is 7.70. The molecule has 0 radical (unpaired) electrons. The van der Waals surface area contributed by atoms with Crippen molar-refractivity contribution in [3.8, 4) is 0 Å². The van der Waals surface area contributed by atoms with Crippen LogP contribution in [0.4, 0.5) is 0 Å². The summed E-state index contributed by atoms with van der Waals surface area (Å²) < 4.78 is 0. The van der Waals surface area contributed by atoms with Crippen LogP contribution in [0.15, 0.2) is 36.4 Å². The smallest absolute Gasteiger partial charge is 0.00772 e. The number of rotatable bonds is 0. The minimum atomic E-state index is 0. The van der Waals surface area contributed by atoms with Crippen molar-refractivity contribution in [3.05, 3.63) is 36.4 Å². The van der Waals surface area contributed by atoms with Crippen molar-refractivity contribution in [2.24, 2.45) is 0 Å². The van der Waals surface area contributed by atoms with Crippen LogP contribution in [0.2, 0.25) is 0 Å². The first-order chi connectivity index (χ1) is 6.00. The highest BCUT2D eigenvalue weighted by atomic mass is 35.5. The van der Waals surface area contributed by atoms with E-state index in [1.165, 1.54) is 0 Å². The Morgan fingerprint density at radius 1 is 0.538 bits per heavy atom. The third kappa shape index (κ3) is 7.78. The second-order valence-electron chi connectivity index (χ2n) is 2.65. The molecule has 1 heterocycles. The zero-order chi connectivity index (χ0) is 8.49. The number of hydrogen-bond donors (Lipinski definition) is 2. The summed E-state index contributed by atoms with van der Waals surface area (Å²) in [6.07, 6.45) is 0. The molecule has 0 spiro atoms. The van der Waals surface area contributed by atoms with Crippen LogP contribution in [-0.2, 0) is 0 Å². The molecule has 1 aromatic carbocycles. The lowest BCUT2D eigenvalue weighted by Crippen LogP contribution is -2.39. The van der Waals surface area contributed by atoms with E-state index < -0.39 is 0 Å². The predicted molar refractivity (Wildman–Crippen MR) is 59.4 cm³/mol. The van der Waals surface area contributed by atoms with E-state index in [-0.39, 0.29) is 12.4 Å². The van der Waals surface area contributed by atoms with E-state index in [9.17, 15) is 0 Å². The van der Waals surface area contributed by atoms with Crippen molar-refractivity contribution in [2.75, 3.05) is 26.2 Å². The molecular formula is C10H17ClN2. The Morgan fingerprint density at radius 2 is 0.769 bits per heavy atom. The maximum absolute atomic E-state index is 3.22. The van der Waals surface area contributed by atoms with E-state index in [2.05, 4.69) is 10.6 Å². The summed E-state index contributed by atoms with van der Waals surface area (Å²) >= 11 is 0. The minimum Gasteiger partial charge on any atom is -0.314 e. The fourth-order valence-electron chi connectivity index (χ4n) is 0.988. The Kier molecular flexibility index (Phi) is 9.10. The molecule has 1 aromatic rings. The van der Waals surface area contributed by atoms with E-state index >= 15 is 0 Å². The van der Waals surface area contributed by atoms with Crippen molar-refractivity contribution in [1.82, 2.24) is 10.6 Å². The van der Waals surface area contributed by atoms with Crippen LogP contribution >= 0.6 is 12.4 Å². The Bertz CT molecular complexity index is 137. The van der Waals surface area contributed by atoms with Gasteiger partial charge in [-0.1, -0.05) is 36.4 Å². The first kappa shape index (κ1) is 12.4. The molecule has 1 saturated heterocycles. The van der Waals surface area contributed by atoms with Gasteiger partial charge >= 0.3 is 0 Å². The van der Waals surface area contributed by atoms with Gasteiger partial charge in [-0.25, -0.2) is 0 Å². The van der Waals surface area contributed by atoms with E-state index in [4.69, 9.17) is 0 Å². The van der Waals surface area contributed by atoms with E-state index in [0.29, 0.717) is 0 Å². The van der Waals surface area contributed by atoms with Gasteiger partial charge in [-0.3, -0.25) is 0 Å². The molecule has 2 rings (SSSR count). The molecule has 2 N–H and O–H groups in total. The molecule has 13 heavy (non-hydrogen) atoms. The Labute approximate surface area is 86.1 Å². The summed E-state index contributed by atoms with van der Waals surface area (Å²) in [4.78, 5) is 0. The Balaban J connectivity index is 0.000000206. The second kappa shape index (κ2) is 9.52. The van der Waals surface area contributed by atoms with Crippen LogP contribution < -0.4 is 10.6 Å². The molecule has 0 aliphatic carbocycles. The van der Waals surface area contributed by atoms with E-state index in [1.807, 2.05) is 36.4 Å². The number of hydrogen-bond acceptors (Lipinski definition) is 2. The van der Waals surface area contributed by atoms with Crippen LogP contribution in [-0.4, -0.2) is 26.2 Å². The van der Waals surface area contributed by atoms with Gasteiger partial charge in [-0.05, 0) is 0 Å². The third-order valence-corrected chi connectivity index (χ3v) is 1.62. The summed E-state index contributed by atoms with van der Waals surface area (Å²) in [7, 11) is 0. The van der Waals surface area contributed by atoms with Gasteiger partial charge in [-0.2, -0.15) is 0 Å². The zero-order valence-corrected chi connectivity index (χ0v) is 8.52. The van der Waals surface area contributed by atoms with Gasteiger partial charge in [0, 0.05) is 26.2 Å². The average Bonchev–Trinajstić information content (AvgIpc) is 2.24. The monoisotopic (exact) mass is 200 g/mol. The second-order valence-corrected chi connectivity index (χ2v) is 2.65. The molecule has 1 aliphatic rings. The first-order valence-corrected chi connectivity index (χ1v) is 4.41. The molecule has 0 aromatic heterocycles. The maximum Gasteiger partial charge on any atom is 0.00772 e. The largest absolute Gasteiger partial charge is 0.314 e. The molecule has 1 aliphatic heterocycles. The fourth-order valence-corrected chi connectivity index (χ4v) is 0.988. The van der Waals surface area contributed by atoms with Crippen LogP contribution in [0.3, 0.4) is 0 Å². The average molecular weight is 201 g/mol. The van der Waals surface area contributed by atoms with Crippen molar-refractivity contribution in [3.63, 3.8) is 0 Å². The molecule has 0 unspecified atom stereocenters. The molecule has 74 valence electrons. The molecule has 0 amide bonds. The van der Waals surface area contributed by atoms with Gasteiger partial charge in [0.25, 0.3) is 0 Å².